The Morgan fingerprint density at radius 3 is 2.33 bits per heavy atom. The molecule has 0 spiro atoms. The van der Waals surface area contributed by atoms with E-state index in [9.17, 15) is 4.79 Å². The monoisotopic (exact) mass is 324 g/mol. The van der Waals surface area contributed by atoms with Gasteiger partial charge in [0.05, 0.1) is 0 Å². The summed E-state index contributed by atoms with van der Waals surface area (Å²) in [6, 6.07) is 13.5. The highest BCUT2D eigenvalue weighted by Crippen LogP contribution is 2.24. The number of nitrogens with zero attached hydrogens (tertiary/aromatic N) is 2. The highest BCUT2D eigenvalue weighted by molar-refractivity contribution is 5.89. The van der Waals surface area contributed by atoms with Gasteiger partial charge in [-0.3, -0.25) is 0 Å². The number of hydrogen-bond donors (Lipinski definition) is 2. The Morgan fingerprint density at radius 2 is 1.67 bits per heavy atom. The summed E-state index contributed by atoms with van der Waals surface area (Å²) in [4.78, 5) is 16.6. The molecule has 0 bridgehead atoms. The molecule has 0 aromatic heterocycles. The van der Waals surface area contributed by atoms with Crippen molar-refractivity contribution in [1.82, 2.24) is 4.90 Å². The van der Waals surface area contributed by atoms with E-state index in [0.29, 0.717) is 18.8 Å². The van der Waals surface area contributed by atoms with Crippen molar-refractivity contribution < 1.29 is 4.79 Å². The molecule has 3 N–H and O–H groups in total. The first-order valence-corrected chi connectivity index (χ1v) is 8.27. The molecule has 2 aromatic rings. The number of carbonyl (C=O) groups is 1. The maximum absolute atomic E-state index is 12.4. The third-order valence-electron chi connectivity index (χ3n) is 4.65. The van der Waals surface area contributed by atoms with E-state index in [-0.39, 0.29) is 6.03 Å². The summed E-state index contributed by atoms with van der Waals surface area (Å²) in [6.45, 7) is 7.42. The highest BCUT2D eigenvalue weighted by atomic mass is 16.2. The van der Waals surface area contributed by atoms with Crippen LogP contribution in [0.3, 0.4) is 0 Å². The minimum atomic E-state index is -0.0552. The van der Waals surface area contributed by atoms with Gasteiger partial charge in [0.1, 0.15) is 0 Å². The quantitative estimate of drug-likeness (QED) is 0.834. The first-order chi connectivity index (χ1) is 11.5. The predicted octanol–water partition coefficient (Wildman–Crippen LogP) is 3.24. The number of aryl methyl sites for hydroxylation is 1. The van der Waals surface area contributed by atoms with Gasteiger partial charge in [-0.1, -0.05) is 12.1 Å². The number of urea groups is 1. The van der Waals surface area contributed by atoms with Crippen molar-refractivity contribution in [3.8, 4) is 0 Å². The highest BCUT2D eigenvalue weighted by Gasteiger charge is 2.22. The molecule has 0 radical (unpaired) electrons. The fraction of sp³-hybridized carbons (Fsp3) is 0.316. The van der Waals surface area contributed by atoms with Crippen LogP contribution in [0.5, 0.6) is 0 Å². The number of amides is 2. The van der Waals surface area contributed by atoms with Crippen LogP contribution in [0.25, 0.3) is 0 Å². The van der Waals surface area contributed by atoms with E-state index >= 15 is 0 Å². The van der Waals surface area contributed by atoms with E-state index < -0.39 is 0 Å². The first kappa shape index (κ1) is 16.2. The average Bonchev–Trinajstić information content (AvgIpc) is 2.59. The molecule has 5 heteroatoms. The fourth-order valence-electron chi connectivity index (χ4n) is 3.00. The van der Waals surface area contributed by atoms with E-state index in [2.05, 4.69) is 42.3 Å². The van der Waals surface area contributed by atoms with Crippen molar-refractivity contribution >= 4 is 23.1 Å². The van der Waals surface area contributed by atoms with Crippen molar-refractivity contribution in [3.05, 3.63) is 53.6 Å². The van der Waals surface area contributed by atoms with Crippen LogP contribution >= 0.6 is 0 Å². The zero-order valence-corrected chi connectivity index (χ0v) is 14.2. The lowest BCUT2D eigenvalue weighted by Gasteiger charge is -2.37. The lowest BCUT2D eigenvalue weighted by molar-refractivity contribution is 0.208. The Bertz CT molecular complexity index is 719. The molecule has 0 unspecified atom stereocenters. The molecule has 24 heavy (non-hydrogen) atoms. The third-order valence-corrected chi connectivity index (χ3v) is 4.65. The van der Waals surface area contributed by atoms with Gasteiger partial charge in [0, 0.05) is 43.2 Å². The second-order valence-corrected chi connectivity index (χ2v) is 6.25. The number of nitrogens with one attached hydrogen (secondary N) is 1. The van der Waals surface area contributed by atoms with Crippen molar-refractivity contribution in [2.24, 2.45) is 0 Å². The number of nitrogens with two attached hydrogens (primary N) is 1. The Hall–Kier alpha value is -2.69. The molecule has 5 nitrogen and oxygen atoms in total. The summed E-state index contributed by atoms with van der Waals surface area (Å²) < 4.78 is 0. The van der Waals surface area contributed by atoms with Gasteiger partial charge in [0.15, 0.2) is 0 Å². The van der Waals surface area contributed by atoms with Gasteiger partial charge in [-0.25, -0.2) is 4.79 Å². The zero-order valence-electron chi connectivity index (χ0n) is 14.2. The second-order valence-electron chi connectivity index (χ2n) is 6.25. The number of rotatable bonds is 2. The van der Waals surface area contributed by atoms with Gasteiger partial charge in [-0.05, 0) is 55.3 Å². The van der Waals surface area contributed by atoms with Crippen LogP contribution in [0.15, 0.2) is 42.5 Å². The SMILES string of the molecule is Cc1cccc(N2CCN(C(=O)Nc3ccc(N)cc3)CC2)c1C. The Kier molecular flexibility index (Phi) is 4.60. The molecule has 2 aromatic carbocycles. The second kappa shape index (κ2) is 6.83. The summed E-state index contributed by atoms with van der Waals surface area (Å²) in [5.41, 5.74) is 11.0. The molecule has 0 aliphatic carbocycles. The van der Waals surface area contributed by atoms with Crippen LogP contribution in [0.4, 0.5) is 21.9 Å². The van der Waals surface area contributed by atoms with E-state index in [1.807, 2.05) is 17.0 Å². The molecule has 0 atom stereocenters. The minimum Gasteiger partial charge on any atom is -0.399 e. The summed E-state index contributed by atoms with van der Waals surface area (Å²) in [5.74, 6) is 0. The molecule has 1 heterocycles. The molecule has 2 amide bonds. The Balaban J connectivity index is 1.59. The van der Waals surface area contributed by atoms with Crippen LogP contribution < -0.4 is 16.0 Å². The van der Waals surface area contributed by atoms with Crippen LogP contribution in [0, 0.1) is 13.8 Å². The smallest absolute Gasteiger partial charge is 0.321 e. The molecular weight excluding hydrogens is 300 g/mol. The molecule has 126 valence electrons. The van der Waals surface area contributed by atoms with Gasteiger partial charge >= 0.3 is 6.03 Å². The fourth-order valence-corrected chi connectivity index (χ4v) is 3.00. The average molecular weight is 324 g/mol. The molecule has 1 aliphatic heterocycles. The van der Waals surface area contributed by atoms with E-state index in [0.717, 1.165) is 18.8 Å². The van der Waals surface area contributed by atoms with E-state index in [4.69, 9.17) is 5.73 Å². The van der Waals surface area contributed by atoms with E-state index in [1.54, 1.807) is 12.1 Å². The number of carbonyl (C=O) groups excluding carboxylic acids is 1. The summed E-state index contributed by atoms with van der Waals surface area (Å²) in [6.07, 6.45) is 0. The normalized spacial score (nSPS) is 14.6. The van der Waals surface area contributed by atoms with Gasteiger partial charge in [0.25, 0.3) is 0 Å². The largest absolute Gasteiger partial charge is 0.399 e. The van der Waals surface area contributed by atoms with Gasteiger partial charge < -0.3 is 20.9 Å². The van der Waals surface area contributed by atoms with Crippen molar-refractivity contribution in [2.45, 2.75) is 13.8 Å². The predicted molar refractivity (Wildman–Crippen MR) is 99.6 cm³/mol. The maximum atomic E-state index is 12.4. The van der Waals surface area contributed by atoms with Crippen molar-refractivity contribution in [2.75, 3.05) is 42.1 Å². The molecular formula is C19H24N4O. The molecule has 0 saturated carbocycles. The number of anilines is 3. The van der Waals surface area contributed by atoms with E-state index in [1.165, 1.54) is 16.8 Å². The van der Waals surface area contributed by atoms with Crippen molar-refractivity contribution in [1.29, 1.82) is 0 Å². The van der Waals surface area contributed by atoms with Crippen molar-refractivity contribution in [3.63, 3.8) is 0 Å². The van der Waals surface area contributed by atoms with Crippen LogP contribution in [-0.4, -0.2) is 37.1 Å². The van der Waals surface area contributed by atoms with Gasteiger partial charge in [-0.2, -0.15) is 0 Å². The topological polar surface area (TPSA) is 61.6 Å². The van der Waals surface area contributed by atoms with Crippen LogP contribution in [0.2, 0.25) is 0 Å². The van der Waals surface area contributed by atoms with Crippen LogP contribution in [-0.2, 0) is 0 Å². The molecule has 1 saturated heterocycles. The number of benzene rings is 2. The molecule has 1 fully saturated rings. The Morgan fingerprint density at radius 1 is 1.00 bits per heavy atom. The lowest BCUT2D eigenvalue weighted by atomic mass is 10.1. The first-order valence-electron chi connectivity index (χ1n) is 8.27. The van der Waals surface area contributed by atoms with Crippen LogP contribution in [0.1, 0.15) is 11.1 Å². The summed E-state index contributed by atoms with van der Waals surface area (Å²) in [5, 5.41) is 2.93. The Labute approximate surface area is 143 Å². The lowest BCUT2D eigenvalue weighted by Crippen LogP contribution is -2.50. The number of piperazine rings is 1. The molecule has 3 rings (SSSR count). The van der Waals surface area contributed by atoms with Gasteiger partial charge in [0.2, 0.25) is 0 Å². The minimum absolute atomic E-state index is 0.0552. The number of hydrogen-bond acceptors (Lipinski definition) is 3. The third kappa shape index (κ3) is 3.45. The standard InChI is InChI=1S/C19H24N4O/c1-14-4-3-5-18(15(14)2)22-10-12-23(13-11-22)19(24)21-17-8-6-16(20)7-9-17/h3-9H,10-13,20H2,1-2H3,(H,21,24). The summed E-state index contributed by atoms with van der Waals surface area (Å²) >= 11 is 0. The summed E-state index contributed by atoms with van der Waals surface area (Å²) in [7, 11) is 0. The number of nitrogen functional groups attached to an aromatic ring is 1. The maximum Gasteiger partial charge on any atom is 0.321 e. The zero-order chi connectivity index (χ0) is 17.1. The molecule has 1 aliphatic rings. The van der Waals surface area contributed by atoms with Gasteiger partial charge in [-0.15, -0.1) is 0 Å².